The summed E-state index contributed by atoms with van der Waals surface area (Å²) in [4.78, 5) is 12.1. The summed E-state index contributed by atoms with van der Waals surface area (Å²) in [6.45, 7) is 1.92. The summed E-state index contributed by atoms with van der Waals surface area (Å²) in [5, 5.41) is 15.8. The number of anilines is 1. The summed E-state index contributed by atoms with van der Waals surface area (Å²) in [6.07, 6.45) is 0. The third-order valence-corrected chi connectivity index (χ3v) is 3.62. The number of para-hydroxylation sites is 1. The number of hydrogen-bond donors (Lipinski definition) is 3. The van der Waals surface area contributed by atoms with Crippen LogP contribution in [0.2, 0.25) is 0 Å². The van der Waals surface area contributed by atoms with E-state index in [4.69, 9.17) is 4.74 Å². The molecule has 0 spiro atoms. The lowest BCUT2D eigenvalue weighted by atomic mass is 9.96. The smallest absolute Gasteiger partial charge is 0.319 e. The molecule has 2 aromatic rings. The van der Waals surface area contributed by atoms with E-state index in [1.807, 2.05) is 18.2 Å². The monoisotopic (exact) mass is 332 g/mol. The van der Waals surface area contributed by atoms with Crippen LogP contribution in [0.25, 0.3) is 0 Å². The van der Waals surface area contributed by atoms with E-state index in [0.29, 0.717) is 17.9 Å². The van der Waals surface area contributed by atoms with Crippen LogP contribution in [0.3, 0.4) is 0 Å². The molecule has 0 aromatic heterocycles. The van der Waals surface area contributed by atoms with Gasteiger partial charge in [0.2, 0.25) is 0 Å². The Morgan fingerprint density at radius 2 is 1.88 bits per heavy atom. The molecule has 0 radical (unpaired) electrons. The molecule has 0 saturated heterocycles. The molecule has 6 heteroatoms. The van der Waals surface area contributed by atoms with E-state index in [-0.39, 0.29) is 12.4 Å². The molecule has 2 rings (SSSR count). The summed E-state index contributed by atoms with van der Waals surface area (Å²) >= 11 is 0. The molecule has 0 heterocycles. The van der Waals surface area contributed by atoms with Gasteiger partial charge in [-0.1, -0.05) is 30.3 Å². The topological polar surface area (TPSA) is 70.6 Å². The van der Waals surface area contributed by atoms with Gasteiger partial charge in [0.1, 0.15) is 11.4 Å². The SMILES string of the molecule is COCc1ccccc1NC(=O)NCC(C)(O)c1ccc(F)cc1. The zero-order valence-corrected chi connectivity index (χ0v) is 13.7. The third-order valence-electron chi connectivity index (χ3n) is 3.62. The van der Waals surface area contributed by atoms with E-state index in [0.717, 1.165) is 5.56 Å². The molecule has 5 nitrogen and oxygen atoms in total. The van der Waals surface area contributed by atoms with Crippen molar-refractivity contribution in [1.82, 2.24) is 5.32 Å². The summed E-state index contributed by atoms with van der Waals surface area (Å²) in [5.74, 6) is -0.380. The number of urea groups is 1. The van der Waals surface area contributed by atoms with E-state index < -0.39 is 11.6 Å². The van der Waals surface area contributed by atoms with E-state index in [2.05, 4.69) is 10.6 Å². The van der Waals surface area contributed by atoms with Crippen LogP contribution in [-0.4, -0.2) is 24.8 Å². The fraction of sp³-hybridized carbons (Fsp3) is 0.278. The largest absolute Gasteiger partial charge is 0.384 e. The lowest BCUT2D eigenvalue weighted by molar-refractivity contribution is 0.0599. The first kappa shape index (κ1) is 17.9. The summed E-state index contributed by atoms with van der Waals surface area (Å²) in [6, 6.07) is 12.4. The van der Waals surface area contributed by atoms with Crippen molar-refractivity contribution in [2.24, 2.45) is 0 Å². The number of benzene rings is 2. The quantitative estimate of drug-likeness (QED) is 0.761. The maximum absolute atomic E-state index is 13.0. The Morgan fingerprint density at radius 3 is 2.54 bits per heavy atom. The first-order valence-electron chi connectivity index (χ1n) is 7.52. The zero-order valence-electron chi connectivity index (χ0n) is 13.7. The van der Waals surface area contributed by atoms with Crippen molar-refractivity contribution < 1.29 is 19.0 Å². The molecular weight excluding hydrogens is 311 g/mol. The van der Waals surface area contributed by atoms with Crippen LogP contribution in [0, 0.1) is 5.82 Å². The highest BCUT2D eigenvalue weighted by Crippen LogP contribution is 2.20. The second-order valence-electron chi connectivity index (χ2n) is 5.68. The van der Waals surface area contributed by atoms with Crippen LogP contribution >= 0.6 is 0 Å². The van der Waals surface area contributed by atoms with Gasteiger partial charge in [0, 0.05) is 18.4 Å². The Labute approximate surface area is 140 Å². The molecule has 24 heavy (non-hydrogen) atoms. The minimum Gasteiger partial charge on any atom is -0.384 e. The van der Waals surface area contributed by atoms with Gasteiger partial charge in [-0.25, -0.2) is 9.18 Å². The highest BCUT2D eigenvalue weighted by atomic mass is 19.1. The van der Waals surface area contributed by atoms with Crippen molar-refractivity contribution >= 4 is 11.7 Å². The molecule has 0 fully saturated rings. The van der Waals surface area contributed by atoms with Gasteiger partial charge >= 0.3 is 6.03 Å². The van der Waals surface area contributed by atoms with E-state index in [9.17, 15) is 14.3 Å². The van der Waals surface area contributed by atoms with Crippen LogP contribution in [0.5, 0.6) is 0 Å². The number of methoxy groups -OCH3 is 1. The van der Waals surface area contributed by atoms with Gasteiger partial charge in [-0.2, -0.15) is 0 Å². The molecule has 1 atom stereocenters. The summed E-state index contributed by atoms with van der Waals surface area (Å²) in [5.41, 5.74) is 0.694. The Morgan fingerprint density at radius 1 is 1.21 bits per heavy atom. The first-order valence-corrected chi connectivity index (χ1v) is 7.52. The van der Waals surface area contributed by atoms with Gasteiger partial charge in [-0.15, -0.1) is 0 Å². The number of carbonyl (C=O) groups is 1. The van der Waals surface area contributed by atoms with E-state index in [1.54, 1.807) is 20.1 Å². The number of rotatable bonds is 6. The highest BCUT2D eigenvalue weighted by molar-refractivity contribution is 5.90. The number of amides is 2. The first-order chi connectivity index (χ1) is 11.4. The number of hydrogen-bond acceptors (Lipinski definition) is 3. The average molecular weight is 332 g/mol. The zero-order chi connectivity index (χ0) is 17.6. The Hall–Kier alpha value is -2.44. The molecule has 0 saturated carbocycles. The Bertz CT molecular complexity index is 687. The van der Waals surface area contributed by atoms with Crippen LogP contribution in [0.4, 0.5) is 14.9 Å². The lowest BCUT2D eigenvalue weighted by Crippen LogP contribution is -2.40. The van der Waals surface area contributed by atoms with Gasteiger partial charge in [0.15, 0.2) is 0 Å². The van der Waals surface area contributed by atoms with E-state index >= 15 is 0 Å². The molecule has 0 aliphatic rings. The fourth-order valence-electron chi connectivity index (χ4n) is 2.25. The Balaban J connectivity index is 1.96. The van der Waals surface area contributed by atoms with Crippen LogP contribution < -0.4 is 10.6 Å². The van der Waals surface area contributed by atoms with Crippen molar-refractivity contribution in [3.05, 3.63) is 65.5 Å². The molecule has 0 aliphatic heterocycles. The predicted molar refractivity (Wildman–Crippen MR) is 90.1 cm³/mol. The fourth-order valence-corrected chi connectivity index (χ4v) is 2.25. The molecular formula is C18H21FN2O3. The van der Waals surface area contributed by atoms with Gasteiger partial charge < -0.3 is 20.5 Å². The standard InChI is InChI=1S/C18H21FN2O3/c1-18(23,14-7-9-15(19)10-8-14)12-20-17(22)21-16-6-4-3-5-13(16)11-24-2/h3-10,23H,11-12H2,1-2H3,(H2,20,21,22). The van der Waals surface area contributed by atoms with Gasteiger partial charge in [0.05, 0.1) is 13.2 Å². The molecule has 3 N–H and O–H groups in total. The molecule has 128 valence electrons. The number of aliphatic hydroxyl groups is 1. The molecule has 0 bridgehead atoms. The van der Waals surface area contributed by atoms with Crippen molar-refractivity contribution in [3.63, 3.8) is 0 Å². The number of nitrogens with one attached hydrogen (secondary N) is 2. The maximum Gasteiger partial charge on any atom is 0.319 e. The molecule has 0 aliphatic carbocycles. The highest BCUT2D eigenvalue weighted by Gasteiger charge is 2.24. The van der Waals surface area contributed by atoms with Crippen molar-refractivity contribution in [1.29, 1.82) is 0 Å². The van der Waals surface area contributed by atoms with Crippen molar-refractivity contribution in [3.8, 4) is 0 Å². The number of halogens is 1. The van der Waals surface area contributed by atoms with Gasteiger partial charge in [0.25, 0.3) is 0 Å². The van der Waals surface area contributed by atoms with Crippen LogP contribution in [0.1, 0.15) is 18.1 Å². The summed E-state index contributed by atoms with van der Waals surface area (Å²) in [7, 11) is 1.58. The van der Waals surface area contributed by atoms with Crippen molar-refractivity contribution in [2.45, 2.75) is 19.1 Å². The lowest BCUT2D eigenvalue weighted by Gasteiger charge is -2.24. The van der Waals surface area contributed by atoms with Crippen LogP contribution in [-0.2, 0) is 16.9 Å². The normalized spacial score (nSPS) is 13.2. The van der Waals surface area contributed by atoms with Gasteiger partial charge in [-0.05, 0) is 30.7 Å². The average Bonchev–Trinajstić information content (AvgIpc) is 2.56. The molecule has 1 unspecified atom stereocenters. The number of carbonyl (C=O) groups excluding carboxylic acids is 1. The second kappa shape index (κ2) is 7.90. The third kappa shape index (κ3) is 4.78. The van der Waals surface area contributed by atoms with Crippen molar-refractivity contribution in [2.75, 3.05) is 19.0 Å². The molecule has 2 amide bonds. The van der Waals surface area contributed by atoms with Gasteiger partial charge in [-0.3, -0.25) is 0 Å². The predicted octanol–water partition coefficient (Wildman–Crippen LogP) is 3.00. The van der Waals surface area contributed by atoms with Crippen LogP contribution in [0.15, 0.2) is 48.5 Å². The minimum atomic E-state index is -1.31. The maximum atomic E-state index is 13.0. The minimum absolute atomic E-state index is 0.0170. The van der Waals surface area contributed by atoms with E-state index in [1.165, 1.54) is 24.3 Å². The summed E-state index contributed by atoms with van der Waals surface area (Å²) < 4.78 is 18.0. The number of ether oxygens (including phenoxy) is 1. The second-order valence-corrected chi connectivity index (χ2v) is 5.68. The Kier molecular flexibility index (Phi) is 5.89. The molecule has 2 aromatic carbocycles.